The van der Waals surface area contributed by atoms with Gasteiger partial charge < -0.3 is 14.6 Å². The molecule has 1 aliphatic heterocycles. The zero-order chi connectivity index (χ0) is 16.4. The molecule has 0 spiro atoms. The highest BCUT2D eigenvalue weighted by Crippen LogP contribution is 2.20. The van der Waals surface area contributed by atoms with Crippen LogP contribution in [0.25, 0.3) is 11.0 Å². The monoisotopic (exact) mass is 315 g/mol. The van der Waals surface area contributed by atoms with E-state index < -0.39 is 0 Å². The number of rotatable bonds is 4. The molecule has 1 aliphatic rings. The van der Waals surface area contributed by atoms with Gasteiger partial charge in [0.2, 0.25) is 5.91 Å². The van der Waals surface area contributed by atoms with Crippen LogP contribution in [-0.2, 0) is 16.0 Å². The number of carbonyl (C=O) groups is 1. The molecule has 5 heteroatoms. The molecule has 5 nitrogen and oxygen atoms in total. The molecule has 2 aromatic rings. The van der Waals surface area contributed by atoms with Gasteiger partial charge in [-0.2, -0.15) is 0 Å². The maximum absolute atomic E-state index is 12.4. The Balaban J connectivity index is 1.64. The van der Waals surface area contributed by atoms with Crippen LogP contribution < -0.4 is 0 Å². The number of aromatic amines is 1. The second-order valence-electron chi connectivity index (χ2n) is 6.43. The smallest absolute Gasteiger partial charge is 0.223 e. The zero-order valence-electron chi connectivity index (χ0n) is 14.2. The van der Waals surface area contributed by atoms with E-state index in [9.17, 15) is 4.79 Å². The number of aryl methyl sites for hydroxylation is 3. The molecular weight excluding hydrogens is 290 g/mol. The third-order valence-corrected chi connectivity index (χ3v) is 4.87. The van der Waals surface area contributed by atoms with E-state index in [-0.39, 0.29) is 12.0 Å². The second-order valence-corrected chi connectivity index (χ2v) is 6.43. The third kappa shape index (κ3) is 3.39. The highest BCUT2D eigenvalue weighted by atomic mass is 16.5. The summed E-state index contributed by atoms with van der Waals surface area (Å²) in [7, 11) is 1.72. The van der Waals surface area contributed by atoms with Crippen LogP contribution in [0.5, 0.6) is 0 Å². The number of hydrogen-bond acceptors (Lipinski definition) is 3. The summed E-state index contributed by atoms with van der Waals surface area (Å²) in [5, 5.41) is 0. The summed E-state index contributed by atoms with van der Waals surface area (Å²) in [6.45, 7) is 5.74. The number of piperidine rings is 1. The molecular formula is C18H25N3O2. The first-order chi connectivity index (χ1) is 11.1. The van der Waals surface area contributed by atoms with Crippen molar-refractivity contribution in [3.05, 3.63) is 29.1 Å². The molecule has 1 aromatic carbocycles. The molecule has 124 valence electrons. The summed E-state index contributed by atoms with van der Waals surface area (Å²) in [4.78, 5) is 22.3. The Morgan fingerprint density at radius 1 is 1.43 bits per heavy atom. The van der Waals surface area contributed by atoms with Crippen LogP contribution in [-0.4, -0.2) is 47.1 Å². The number of fused-ring (bicyclic) bond motifs is 1. The lowest BCUT2D eigenvalue weighted by Gasteiger charge is -2.31. The number of H-pyrrole nitrogens is 1. The van der Waals surface area contributed by atoms with Crippen molar-refractivity contribution in [3.63, 3.8) is 0 Å². The van der Waals surface area contributed by atoms with E-state index in [4.69, 9.17) is 4.74 Å². The average molecular weight is 315 g/mol. The van der Waals surface area contributed by atoms with E-state index in [1.165, 1.54) is 11.1 Å². The number of hydrogen-bond donors (Lipinski definition) is 1. The number of ether oxygens (including phenoxy) is 1. The Hall–Kier alpha value is -1.88. The molecule has 1 amide bonds. The van der Waals surface area contributed by atoms with Gasteiger partial charge >= 0.3 is 0 Å². The topological polar surface area (TPSA) is 58.2 Å². The maximum Gasteiger partial charge on any atom is 0.223 e. The molecule has 0 bridgehead atoms. The van der Waals surface area contributed by atoms with Crippen molar-refractivity contribution in [2.24, 2.45) is 0 Å². The first kappa shape index (κ1) is 16.0. The number of nitrogens with zero attached hydrogens (tertiary/aromatic N) is 2. The van der Waals surface area contributed by atoms with Gasteiger partial charge in [-0.15, -0.1) is 0 Å². The molecule has 0 saturated carbocycles. The van der Waals surface area contributed by atoms with E-state index >= 15 is 0 Å². The SMILES string of the molecule is CO[C@H]1CCCN(C(=O)CCc2nc3c(C)c(C)ccc3[nH]2)C1. The predicted molar refractivity (Wildman–Crippen MR) is 90.5 cm³/mol. The Bertz CT molecular complexity index is 708. The minimum Gasteiger partial charge on any atom is -0.380 e. The fourth-order valence-corrected chi connectivity index (χ4v) is 3.22. The summed E-state index contributed by atoms with van der Waals surface area (Å²) in [5.74, 6) is 1.09. The Morgan fingerprint density at radius 2 is 2.26 bits per heavy atom. The van der Waals surface area contributed by atoms with Crippen molar-refractivity contribution < 1.29 is 9.53 Å². The molecule has 0 unspecified atom stereocenters. The third-order valence-electron chi connectivity index (χ3n) is 4.87. The van der Waals surface area contributed by atoms with Crippen LogP contribution in [0.4, 0.5) is 0 Å². The number of imidazole rings is 1. The normalized spacial score (nSPS) is 18.6. The summed E-state index contributed by atoms with van der Waals surface area (Å²) in [5.41, 5.74) is 4.51. The Morgan fingerprint density at radius 3 is 3.04 bits per heavy atom. The molecule has 0 aliphatic carbocycles. The van der Waals surface area contributed by atoms with E-state index in [2.05, 4.69) is 35.9 Å². The summed E-state index contributed by atoms with van der Waals surface area (Å²) in [6.07, 6.45) is 3.40. The van der Waals surface area contributed by atoms with Crippen LogP contribution in [0.2, 0.25) is 0 Å². The van der Waals surface area contributed by atoms with Crippen LogP contribution in [0.3, 0.4) is 0 Å². The zero-order valence-corrected chi connectivity index (χ0v) is 14.2. The van der Waals surface area contributed by atoms with Crippen LogP contribution in [0.1, 0.15) is 36.2 Å². The fourth-order valence-electron chi connectivity index (χ4n) is 3.22. The van der Waals surface area contributed by atoms with Crippen LogP contribution in [0.15, 0.2) is 12.1 Å². The van der Waals surface area contributed by atoms with Gasteiger partial charge in [-0.3, -0.25) is 4.79 Å². The number of nitrogens with one attached hydrogen (secondary N) is 1. The van der Waals surface area contributed by atoms with E-state index in [0.717, 1.165) is 36.2 Å². The van der Waals surface area contributed by atoms with E-state index in [0.29, 0.717) is 19.4 Å². The minimum atomic E-state index is 0.185. The molecule has 1 aromatic heterocycles. The van der Waals surface area contributed by atoms with Crippen LogP contribution >= 0.6 is 0 Å². The maximum atomic E-state index is 12.4. The molecule has 23 heavy (non-hydrogen) atoms. The van der Waals surface area contributed by atoms with Gasteiger partial charge in [0.15, 0.2) is 0 Å². The number of methoxy groups -OCH3 is 1. The van der Waals surface area contributed by atoms with Crippen LogP contribution in [0, 0.1) is 13.8 Å². The molecule has 1 fully saturated rings. The van der Waals surface area contributed by atoms with Gasteiger partial charge in [0.25, 0.3) is 0 Å². The Kier molecular flexibility index (Phi) is 4.66. The molecule has 2 heterocycles. The first-order valence-corrected chi connectivity index (χ1v) is 8.34. The summed E-state index contributed by atoms with van der Waals surface area (Å²) < 4.78 is 5.39. The first-order valence-electron chi connectivity index (χ1n) is 8.34. The highest BCUT2D eigenvalue weighted by molar-refractivity contribution is 5.80. The molecule has 1 saturated heterocycles. The van der Waals surface area contributed by atoms with Crippen molar-refractivity contribution >= 4 is 16.9 Å². The van der Waals surface area contributed by atoms with Gasteiger partial charge in [-0.05, 0) is 43.9 Å². The van der Waals surface area contributed by atoms with E-state index in [1.54, 1.807) is 7.11 Å². The largest absolute Gasteiger partial charge is 0.380 e. The second kappa shape index (κ2) is 6.71. The molecule has 1 atom stereocenters. The lowest BCUT2D eigenvalue weighted by Crippen LogP contribution is -2.43. The van der Waals surface area contributed by atoms with Crippen molar-refractivity contribution in [1.29, 1.82) is 0 Å². The number of carbonyl (C=O) groups excluding carboxylic acids is 1. The van der Waals surface area contributed by atoms with Crippen molar-refractivity contribution in [3.8, 4) is 0 Å². The number of benzene rings is 1. The number of likely N-dealkylation sites (tertiary alicyclic amines) is 1. The standard InChI is InChI=1S/C18H25N3O2/c1-12-6-7-15-18(13(12)2)20-16(19-15)8-9-17(22)21-10-4-5-14(11-21)23-3/h6-7,14H,4-5,8-11H2,1-3H3,(H,19,20)/t14-/m0/s1. The molecule has 1 N–H and O–H groups in total. The number of aromatic nitrogens is 2. The van der Waals surface area contributed by atoms with Crippen molar-refractivity contribution in [1.82, 2.24) is 14.9 Å². The molecule has 0 radical (unpaired) electrons. The van der Waals surface area contributed by atoms with Gasteiger partial charge in [0.1, 0.15) is 5.82 Å². The van der Waals surface area contributed by atoms with Gasteiger partial charge in [-0.25, -0.2) is 4.98 Å². The van der Waals surface area contributed by atoms with Gasteiger partial charge in [0.05, 0.1) is 17.1 Å². The lowest BCUT2D eigenvalue weighted by molar-refractivity contribution is -0.134. The van der Waals surface area contributed by atoms with Crippen molar-refractivity contribution in [2.45, 2.75) is 45.6 Å². The predicted octanol–water partition coefficient (Wildman–Crippen LogP) is 2.75. The average Bonchev–Trinajstić information content (AvgIpc) is 3.00. The minimum absolute atomic E-state index is 0.185. The number of amides is 1. The summed E-state index contributed by atoms with van der Waals surface area (Å²) >= 11 is 0. The molecule has 3 rings (SSSR count). The summed E-state index contributed by atoms with van der Waals surface area (Å²) in [6, 6.07) is 4.16. The quantitative estimate of drug-likeness (QED) is 0.944. The van der Waals surface area contributed by atoms with Gasteiger partial charge in [-0.1, -0.05) is 6.07 Å². The Labute approximate surface area is 137 Å². The van der Waals surface area contributed by atoms with Gasteiger partial charge in [0, 0.05) is 33.0 Å². The van der Waals surface area contributed by atoms with Crippen molar-refractivity contribution in [2.75, 3.05) is 20.2 Å². The fraction of sp³-hybridized carbons (Fsp3) is 0.556. The highest BCUT2D eigenvalue weighted by Gasteiger charge is 2.23. The van der Waals surface area contributed by atoms with E-state index in [1.807, 2.05) is 4.90 Å². The lowest BCUT2D eigenvalue weighted by atomic mass is 10.1.